The van der Waals surface area contributed by atoms with E-state index in [1.54, 1.807) is 4.90 Å². The Morgan fingerprint density at radius 2 is 1.72 bits per heavy atom. The van der Waals surface area contributed by atoms with Gasteiger partial charge in [0.15, 0.2) is 17.2 Å². The topological polar surface area (TPSA) is 151 Å². The molecule has 6 rings (SSSR count). The first-order valence-corrected chi connectivity index (χ1v) is 14.9. The highest BCUT2D eigenvalue weighted by atomic mass is 16.6. The molecule has 5 heterocycles. The number of fused-ring (bicyclic) bond motifs is 1. The molecule has 1 saturated heterocycles. The van der Waals surface area contributed by atoms with Crippen molar-refractivity contribution in [1.82, 2.24) is 39.8 Å². The molecule has 0 unspecified atom stereocenters. The summed E-state index contributed by atoms with van der Waals surface area (Å²) in [7, 11) is 0. The van der Waals surface area contributed by atoms with Gasteiger partial charge in [0.2, 0.25) is 0 Å². The van der Waals surface area contributed by atoms with Crippen LogP contribution in [0.1, 0.15) is 97.8 Å². The minimum Gasteiger partial charge on any atom is -0.444 e. The zero-order chi connectivity index (χ0) is 30.9. The van der Waals surface area contributed by atoms with Gasteiger partial charge < -0.3 is 19.9 Å². The molecule has 228 valence electrons. The molecule has 0 spiro atoms. The van der Waals surface area contributed by atoms with E-state index in [0.29, 0.717) is 47.2 Å². The Hall–Kier alpha value is -4.09. The Kier molecular flexibility index (Phi) is 6.74. The lowest BCUT2D eigenvalue weighted by molar-refractivity contribution is 0.00475. The molecular formula is C31H41N9O3. The first-order chi connectivity index (χ1) is 20.1. The average molecular weight is 588 g/mol. The largest absolute Gasteiger partial charge is 0.444 e. The lowest BCUT2D eigenvalue weighted by Crippen LogP contribution is -2.48. The second-order valence-electron chi connectivity index (χ2n) is 14.5. The van der Waals surface area contributed by atoms with Crippen LogP contribution in [-0.2, 0) is 10.3 Å². The number of amides is 1. The van der Waals surface area contributed by atoms with Crippen LogP contribution >= 0.6 is 0 Å². The molecule has 4 aromatic heterocycles. The third kappa shape index (κ3) is 5.43. The van der Waals surface area contributed by atoms with Crippen LogP contribution in [0.25, 0.3) is 33.8 Å². The Bertz CT molecular complexity index is 1670. The normalized spacial score (nSPS) is 19.2. The molecule has 1 amide bonds. The van der Waals surface area contributed by atoms with Gasteiger partial charge in [-0.05, 0) is 77.7 Å². The van der Waals surface area contributed by atoms with Gasteiger partial charge in [-0.25, -0.2) is 29.4 Å². The van der Waals surface area contributed by atoms with Gasteiger partial charge in [0, 0.05) is 31.4 Å². The number of hydrogen-bond acceptors (Lipinski definition) is 10. The molecule has 1 atom stereocenters. The van der Waals surface area contributed by atoms with Crippen molar-refractivity contribution in [2.24, 2.45) is 5.41 Å². The maximum atomic E-state index is 12.8. The maximum Gasteiger partial charge on any atom is 0.410 e. The molecule has 12 heteroatoms. The molecule has 0 radical (unpaired) electrons. The van der Waals surface area contributed by atoms with E-state index >= 15 is 0 Å². The predicted octanol–water partition coefficient (Wildman–Crippen LogP) is 5.90. The van der Waals surface area contributed by atoms with Gasteiger partial charge in [-0.2, -0.15) is 5.10 Å². The van der Waals surface area contributed by atoms with Gasteiger partial charge in [-0.15, -0.1) is 0 Å². The van der Waals surface area contributed by atoms with Crippen LogP contribution in [0.5, 0.6) is 0 Å². The van der Waals surface area contributed by atoms with Crippen molar-refractivity contribution in [1.29, 1.82) is 0 Å². The molecule has 43 heavy (non-hydrogen) atoms. The third-order valence-corrected chi connectivity index (χ3v) is 8.20. The quantitative estimate of drug-likeness (QED) is 0.305. The summed E-state index contributed by atoms with van der Waals surface area (Å²) in [5.41, 5.74) is 8.78. The minimum atomic E-state index is -0.530. The van der Waals surface area contributed by atoms with Gasteiger partial charge in [0.05, 0.1) is 16.5 Å². The smallest absolute Gasteiger partial charge is 0.410 e. The van der Waals surface area contributed by atoms with Crippen LogP contribution in [0, 0.1) is 5.41 Å². The second kappa shape index (κ2) is 9.99. The van der Waals surface area contributed by atoms with Crippen molar-refractivity contribution in [3.05, 3.63) is 30.0 Å². The SMILES string of the molecule is CC(C)(C)OC(=O)N1CC[C@@H](c2cnc(-c3c(-c4nn(C(C)(C)C)c5ncnc(N)c45)noc3C3CC3)nc2)C(C)(C)C1. The van der Waals surface area contributed by atoms with Crippen molar-refractivity contribution in [3.63, 3.8) is 0 Å². The highest BCUT2D eigenvalue weighted by Crippen LogP contribution is 2.48. The maximum absolute atomic E-state index is 12.8. The van der Waals surface area contributed by atoms with Crippen LogP contribution < -0.4 is 5.73 Å². The second-order valence-corrected chi connectivity index (χ2v) is 14.5. The Balaban J connectivity index is 1.35. The molecule has 12 nitrogen and oxygen atoms in total. The molecule has 1 saturated carbocycles. The highest BCUT2D eigenvalue weighted by molar-refractivity contribution is 6.00. The van der Waals surface area contributed by atoms with Crippen LogP contribution in [0.4, 0.5) is 10.6 Å². The van der Waals surface area contributed by atoms with Crippen molar-refractivity contribution >= 4 is 22.9 Å². The summed E-state index contributed by atoms with van der Waals surface area (Å²) in [4.78, 5) is 33.1. The lowest BCUT2D eigenvalue weighted by atomic mass is 9.71. The van der Waals surface area contributed by atoms with Crippen molar-refractivity contribution in [2.45, 2.75) is 97.6 Å². The molecular weight excluding hydrogens is 546 g/mol. The fourth-order valence-corrected chi connectivity index (χ4v) is 6.02. The van der Waals surface area contributed by atoms with Crippen molar-refractivity contribution < 1.29 is 14.1 Å². The van der Waals surface area contributed by atoms with E-state index in [9.17, 15) is 4.79 Å². The summed E-state index contributed by atoms with van der Waals surface area (Å²) in [6.45, 7) is 17.4. The minimum absolute atomic E-state index is 0.174. The number of nitrogens with zero attached hydrogens (tertiary/aromatic N) is 8. The van der Waals surface area contributed by atoms with Crippen LogP contribution in [-0.4, -0.2) is 64.6 Å². The summed E-state index contributed by atoms with van der Waals surface area (Å²) >= 11 is 0. The van der Waals surface area contributed by atoms with Gasteiger partial charge in [0.25, 0.3) is 0 Å². The van der Waals surface area contributed by atoms with Crippen LogP contribution in [0.3, 0.4) is 0 Å². The summed E-state index contributed by atoms with van der Waals surface area (Å²) < 4.78 is 13.4. The monoisotopic (exact) mass is 587 g/mol. The number of nitrogens with two attached hydrogens (primary N) is 1. The van der Waals surface area contributed by atoms with E-state index in [4.69, 9.17) is 30.1 Å². The van der Waals surface area contributed by atoms with E-state index in [0.717, 1.165) is 36.1 Å². The van der Waals surface area contributed by atoms with Gasteiger partial charge in [0.1, 0.15) is 29.1 Å². The van der Waals surface area contributed by atoms with E-state index in [-0.39, 0.29) is 28.9 Å². The third-order valence-electron chi connectivity index (χ3n) is 8.20. The predicted molar refractivity (Wildman–Crippen MR) is 162 cm³/mol. The molecule has 1 aliphatic carbocycles. The summed E-state index contributed by atoms with van der Waals surface area (Å²) in [5, 5.41) is 10.1. The number of hydrogen-bond donors (Lipinski definition) is 1. The molecule has 0 aromatic carbocycles. The fourth-order valence-electron chi connectivity index (χ4n) is 6.02. The zero-order valence-corrected chi connectivity index (χ0v) is 26.3. The molecule has 1 aliphatic heterocycles. The highest BCUT2D eigenvalue weighted by Gasteiger charge is 2.41. The molecule has 2 aliphatic rings. The molecule has 4 aromatic rings. The van der Waals surface area contributed by atoms with E-state index in [2.05, 4.69) is 49.7 Å². The van der Waals surface area contributed by atoms with E-state index in [1.807, 2.05) is 37.8 Å². The number of aromatic nitrogens is 7. The fraction of sp³-hybridized carbons (Fsp3) is 0.581. The number of piperidine rings is 1. The Morgan fingerprint density at radius 3 is 2.33 bits per heavy atom. The van der Waals surface area contributed by atoms with Gasteiger partial charge in [-0.1, -0.05) is 19.0 Å². The van der Waals surface area contributed by atoms with Crippen molar-refractivity contribution in [2.75, 3.05) is 18.8 Å². The van der Waals surface area contributed by atoms with E-state index in [1.165, 1.54) is 6.33 Å². The van der Waals surface area contributed by atoms with Gasteiger partial charge >= 0.3 is 6.09 Å². The van der Waals surface area contributed by atoms with Crippen LogP contribution in [0.15, 0.2) is 23.2 Å². The number of rotatable bonds is 4. The number of likely N-dealkylation sites (tertiary alicyclic amines) is 1. The Morgan fingerprint density at radius 1 is 1.02 bits per heavy atom. The summed E-state index contributed by atoms with van der Waals surface area (Å²) in [6, 6.07) is 0. The number of carbonyl (C=O) groups excluding carboxylic acids is 1. The average Bonchev–Trinajstić information content (AvgIpc) is 3.52. The van der Waals surface area contributed by atoms with Gasteiger partial charge in [-0.3, -0.25) is 0 Å². The first kappa shape index (κ1) is 29.0. The van der Waals surface area contributed by atoms with Crippen molar-refractivity contribution in [3.8, 4) is 22.8 Å². The van der Waals surface area contributed by atoms with E-state index < -0.39 is 5.60 Å². The molecule has 0 bridgehead atoms. The number of nitrogen functional groups attached to an aromatic ring is 1. The first-order valence-electron chi connectivity index (χ1n) is 14.9. The summed E-state index contributed by atoms with van der Waals surface area (Å²) in [6.07, 6.45) is 7.80. The summed E-state index contributed by atoms with van der Waals surface area (Å²) in [5.74, 6) is 2.06. The lowest BCUT2D eigenvalue weighted by Gasteiger charge is -2.44. The number of anilines is 1. The number of ether oxygens (including phenoxy) is 1. The zero-order valence-electron chi connectivity index (χ0n) is 26.3. The standard InChI is InChI=1S/C31H41N9O3/c1-29(2,3)40-27-21(25(32)35-16-36-27)22(37-40)23-20(24(43-38-23)17-9-10-17)26-33-13-18(14-34-26)19-11-12-39(15-31(19,7)8)28(41)42-30(4,5)6/h13-14,16-17,19H,9-12,15H2,1-8H3,(H2,32,35,36)/t19-/m0/s1. The number of carbonyl (C=O) groups is 1. The molecule has 2 fully saturated rings. The molecule has 2 N–H and O–H groups in total. The van der Waals surface area contributed by atoms with Crippen LogP contribution in [0.2, 0.25) is 0 Å². The Labute approximate surface area is 251 Å².